The molecule has 0 aliphatic rings. The molecular weight excluding hydrogens is 1050 g/mol. The van der Waals surface area contributed by atoms with Gasteiger partial charge in [-0.05, 0) is 101 Å². The molecule has 17 nitrogen and oxygen atoms in total. The quantitative estimate of drug-likeness (QED) is 0.0669. The number of aromatic carboxylic acids is 7. The number of carboxylic acid groups (broad SMARTS) is 7. The summed E-state index contributed by atoms with van der Waals surface area (Å²) in [5.41, 5.74) is 6.43. The lowest BCUT2D eigenvalue weighted by atomic mass is 9.95. The molecule has 0 atom stereocenters. The average molecular weight is 1090 g/mol. The van der Waals surface area contributed by atoms with Crippen molar-refractivity contribution in [1.82, 2.24) is 0 Å². The molecular formula is C62H37ClO17. The molecule has 0 amide bonds. The van der Waals surface area contributed by atoms with Crippen LogP contribution < -0.4 is 0 Å². The van der Waals surface area contributed by atoms with E-state index in [1.165, 1.54) is 54.6 Å². The lowest BCUT2D eigenvalue weighted by molar-refractivity contribution is 0.0685. The van der Waals surface area contributed by atoms with Gasteiger partial charge in [-0.1, -0.05) is 115 Å². The number of benzene rings is 9. The monoisotopic (exact) mass is 1090 g/mol. The molecule has 12 aromatic rings. The molecule has 9 aromatic carbocycles. The van der Waals surface area contributed by atoms with E-state index < -0.39 is 41.8 Å². The highest BCUT2D eigenvalue weighted by molar-refractivity contribution is 6.34. The van der Waals surface area contributed by atoms with Crippen molar-refractivity contribution in [1.29, 1.82) is 0 Å². The smallest absolute Gasteiger partial charge is 0.339 e. The van der Waals surface area contributed by atoms with Crippen LogP contribution in [0.3, 0.4) is 0 Å². The van der Waals surface area contributed by atoms with Gasteiger partial charge in [0.05, 0.1) is 11.1 Å². The summed E-state index contributed by atoms with van der Waals surface area (Å²) in [6.45, 7) is 1.91. The van der Waals surface area contributed by atoms with Crippen LogP contribution in [0.4, 0.5) is 0 Å². The van der Waals surface area contributed by atoms with Gasteiger partial charge in [0.1, 0.15) is 44.6 Å². The summed E-state index contributed by atoms with van der Waals surface area (Å²) in [5, 5.41) is 69.7. The van der Waals surface area contributed by atoms with Gasteiger partial charge in [0.2, 0.25) is 0 Å². The maximum atomic E-state index is 11.6. The van der Waals surface area contributed by atoms with E-state index in [4.69, 9.17) is 30.0 Å². The van der Waals surface area contributed by atoms with Crippen molar-refractivity contribution < 1.29 is 82.6 Å². The second-order valence-electron chi connectivity index (χ2n) is 18.0. The summed E-state index contributed by atoms with van der Waals surface area (Å²) in [5.74, 6) is -7.86. The van der Waals surface area contributed by atoms with E-state index in [0.717, 1.165) is 22.1 Å². The summed E-state index contributed by atoms with van der Waals surface area (Å²) >= 11 is 6.32. The van der Waals surface area contributed by atoms with Crippen molar-refractivity contribution in [2.45, 2.75) is 6.92 Å². The van der Waals surface area contributed by atoms with Crippen molar-refractivity contribution in [2.24, 2.45) is 0 Å². The van der Waals surface area contributed by atoms with E-state index in [2.05, 4.69) is 0 Å². The summed E-state index contributed by atoms with van der Waals surface area (Å²) in [4.78, 5) is 80.3. The van der Waals surface area contributed by atoms with E-state index >= 15 is 0 Å². The summed E-state index contributed by atoms with van der Waals surface area (Å²) in [7, 11) is 0. The number of hydrogen-bond acceptors (Lipinski definition) is 10. The van der Waals surface area contributed by atoms with Gasteiger partial charge < -0.3 is 49.0 Å². The van der Waals surface area contributed by atoms with Crippen LogP contribution in [0.1, 0.15) is 78.1 Å². The SMILES string of the molecule is Cc1cccc2c1oc1c(C(=O)O)ccc(-c3ccc(C(=O)O)cc3)c12.O=C(O)c1cccc(-c2ccc(C(=O)O)c3oc4c(C(=O)O)cccc4c23)c1.O=C(O)c1cccc2c1oc1c(C(=O)O)ccc(-c3ccccc3Cl)c12. The van der Waals surface area contributed by atoms with Gasteiger partial charge in [0, 0.05) is 42.9 Å². The van der Waals surface area contributed by atoms with Crippen LogP contribution in [-0.4, -0.2) is 77.5 Å². The molecule has 80 heavy (non-hydrogen) atoms. The molecule has 7 N–H and O–H groups in total. The highest BCUT2D eigenvalue weighted by atomic mass is 35.5. The molecule has 0 fully saturated rings. The third-order valence-electron chi connectivity index (χ3n) is 13.3. The van der Waals surface area contributed by atoms with Gasteiger partial charge in [-0.2, -0.15) is 0 Å². The zero-order valence-electron chi connectivity index (χ0n) is 41.2. The minimum absolute atomic E-state index is 0.0276. The van der Waals surface area contributed by atoms with Crippen LogP contribution >= 0.6 is 11.6 Å². The number of aryl methyl sites for hydroxylation is 1. The molecule has 0 spiro atoms. The Morgan fingerprint density at radius 3 is 1.20 bits per heavy atom. The Labute approximate surface area is 453 Å². The molecule has 0 radical (unpaired) electrons. The van der Waals surface area contributed by atoms with Crippen LogP contribution in [0.2, 0.25) is 5.02 Å². The van der Waals surface area contributed by atoms with Crippen molar-refractivity contribution >= 4 is 119 Å². The highest BCUT2D eigenvalue weighted by Gasteiger charge is 2.26. The number of halogens is 1. The number of hydrogen-bond donors (Lipinski definition) is 7. The number of carbonyl (C=O) groups is 7. The van der Waals surface area contributed by atoms with Crippen molar-refractivity contribution in [3.63, 3.8) is 0 Å². The summed E-state index contributed by atoms with van der Waals surface area (Å²) in [6.07, 6.45) is 0. The minimum Gasteiger partial charge on any atom is -0.478 e. The first kappa shape index (κ1) is 52.4. The fourth-order valence-electron chi connectivity index (χ4n) is 9.69. The summed E-state index contributed by atoms with van der Waals surface area (Å²) in [6, 6.07) is 44.1. The minimum atomic E-state index is -1.22. The third-order valence-corrected chi connectivity index (χ3v) is 13.6. The lowest BCUT2D eigenvalue weighted by Crippen LogP contribution is -1.98. The Hall–Kier alpha value is -11.0. The molecule has 3 heterocycles. The average Bonchev–Trinajstić information content (AvgIpc) is 4.38. The van der Waals surface area contributed by atoms with Gasteiger partial charge in [-0.15, -0.1) is 0 Å². The van der Waals surface area contributed by atoms with Gasteiger partial charge in [-0.25, -0.2) is 33.6 Å². The van der Waals surface area contributed by atoms with Gasteiger partial charge in [-0.3, -0.25) is 0 Å². The normalized spacial score (nSPS) is 11.1. The number of furan rings is 3. The standard InChI is InChI=1S/C21H12O7.C21H14O5.C20H11ClO5/c22-19(23)11-4-1-3-10(9-11)12-7-8-15(21(26)27)18-16(12)13-5-2-6-14(20(24)25)17(13)28-18;1-11-3-2-4-15-17-14(12-5-7-13(8-6-12)20(22)23)9-10-16(21(24)25)19(17)26-18(11)15;21-15-7-2-1-4-10(15)11-8-9-14(20(24)25)18-16(11)12-5-3-6-13(19(22)23)17(12)26-18/h1-9H,(H,22,23)(H,24,25)(H,26,27);2-10H,1H3,(H,22,23)(H,24,25);1-9H,(H,22,23)(H,24,25). The molecule has 0 saturated heterocycles. The first-order valence-corrected chi connectivity index (χ1v) is 24.2. The van der Waals surface area contributed by atoms with Crippen molar-refractivity contribution in [2.75, 3.05) is 0 Å². The maximum Gasteiger partial charge on any atom is 0.339 e. The molecule has 0 saturated carbocycles. The Bertz CT molecular complexity index is 4620. The second-order valence-corrected chi connectivity index (χ2v) is 18.4. The zero-order valence-corrected chi connectivity index (χ0v) is 41.9. The van der Waals surface area contributed by atoms with Gasteiger partial charge >= 0.3 is 41.8 Å². The summed E-state index contributed by atoms with van der Waals surface area (Å²) < 4.78 is 17.4. The second kappa shape index (κ2) is 20.8. The molecule has 12 rings (SSSR count). The molecule has 0 aliphatic heterocycles. The van der Waals surface area contributed by atoms with E-state index in [-0.39, 0.29) is 61.3 Å². The fraction of sp³-hybridized carbons (Fsp3) is 0.0161. The Morgan fingerprint density at radius 1 is 0.325 bits per heavy atom. The van der Waals surface area contributed by atoms with Crippen LogP contribution in [0.25, 0.3) is 99.2 Å². The van der Waals surface area contributed by atoms with E-state index in [9.17, 15) is 64.2 Å². The topological polar surface area (TPSA) is 301 Å². The van der Waals surface area contributed by atoms with E-state index in [1.807, 2.05) is 37.3 Å². The predicted molar refractivity (Wildman–Crippen MR) is 296 cm³/mol. The first-order chi connectivity index (χ1) is 38.3. The Kier molecular flexibility index (Phi) is 13.6. The molecule has 0 aliphatic carbocycles. The van der Waals surface area contributed by atoms with Crippen LogP contribution in [0.5, 0.6) is 0 Å². The molecule has 3 aromatic heterocycles. The molecule has 0 unspecified atom stereocenters. The Morgan fingerprint density at radius 2 is 0.725 bits per heavy atom. The van der Waals surface area contributed by atoms with Crippen LogP contribution in [-0.2, 0) is 0 Å². The van der Waals surface area contributed by atoms with Gasteiger partial charge in [0.25, 0.3) is 0 Å². The highest BCUT2D eigenvalue weighted by Crippen LogP contribution is 2.44. The predicted octanol–water partition coefficient (Wildman–Crippen LogP) is 14.6. The molecule has 18 heteroatoms. The van der Waals surface area contributed by atoms with Crippen LogP contribution in [0.15, 0.2) is 177 Å². The van der Waals surface area contributed by atoms with Crippen LogP contribution in [0, 0.1) is 6.92 Å². The van der Waals surface area contributed by atoms with E-state index in [0.29, 0.717) is 65.4 Å². The lowest BCUT2D eigenvalue weighted by Gasteiger charge is -2.07. The molecule has 0 bridgehead atoms. The fourth-order valence-corrected chi connectivity index (χ4v) is 9.92. The Balaban J connectivity index is 0.000000135. The largest absolute Gasteiger partial charge is 0.478 e. The number of para-hydroxylation sites is 3. The van der Waals surface area contributed by atoms with Crippen molar-refractivity contribution in [3.8, 4) is 33.4 Å². The molecule has 394 valence electrons. The zero-order chi connectivity index (χ0) is 56.8. The van der Waals surface area contributed by atoms with Gasteiger partial charge in [0.15, 0.2) is 16.7 Å². The maximum absolute atomic E-state index is 11.6. The number of carboxylic acids is 7. The number of fused-ring (bicyclic) bond motifs is 9. The van der Waals surface area contributed by atoms with E-state index in [1.54, 1.807) is 78.9 Å². The third kappa shape index (κ3) is 9.30. The number of rotatable bonds is 10. The van der Waals surface area contributed by atoms with Crippen molar-refractivity contribution in [3.05, 3.63) is 213 Å². The first-order valence-electron chi connectivity index (χ1n) is 23.8.